The number of hydrogen-bond acceptors (Lipinski definition) is 12. The van der Waals surface area contributed by atoms with Crippen molar-refractivity contribution >= 4 is 68.4 Å². The molecule has 4 aromatic rings. The van der Waals surface area contributed by atoms with Crippen molar-refractivity contribution in [2.45, 2.75) is 144 Å². The lowest BCUT2D eigenvalue weighted by molar-refractivity contribution is -0.122. The van der Waals surface area contributed by atoms with Crippen molar-refractivity contribution in [3.63, 3.8) is 0 Å². The molecule has 3 amide bonds. The molecule has 0 fully saturated rings. The number of aryl methyl sites for hydroxylation is 1. The number of carbonyl (C=O) groups is 3. The van der Waals surface area contributed by atoms with Crippen LogP contribution in [0.4, 0.5) is 0 Å². The zero-order valence-corrected chi connectivity index (χ0v) is 55.8. The maximum Gasteiger partial charge on any atom is 0.277 e. The molecule has 14 nitrogen and oxygen atoms in total. The summed E-state index contributed by atoms with van der Waals surface area (Å²) in [6, 6.07) is 32.4. The first-order valence-electron chi connectivity index (χ1n) is 28.6. The Morgan fingerprint density at radius 2 is 1.12 bits per heavy atom. The quantitative estimate of drug-likeness (QED) is 0.142. The fourth-order valence-corrected chi connectivity index (χ4v) is 10.1. The summed E-state index contributed by atoms with van der Waals surface area (Å²) in [5.41, 5.74) is 7.62. The number of aromatic nitrogens is 1. The molecular weight excluding hydrogens is 1090 g/mol. The third kappa shape index (κ3) is 20.0. The van der Waals surface area contributed by atoms with Crippen LogP contribution in [0.5, 0.6) is 0 Å². The number of nitrogens with zero attached hydrogens (tertiary/aromatic N) is 10. The average molecular weight is 1180 g/mol. The molecule has 0 N–H and O–H groups in total. The number of amidine groups is 3. The number of hydrogen-bond donors (Lipinski definition) is 0. The van der Waals surface area contributed by atoms with Gasteiger partial charge in [0.25, 0.3) is 17.7 Å². The molecule has 8 rings (SSSR count). The Kier molecular flexibility index (Phi) is 22.8. The average Bonchev–Trinajstić information content (AvgIpc) is 2.54. The minimum absolute atomic E-state index is 0.0000463. The Balaban J connectivity index is 0.000000232. The highest BCUT2D eigenvalue weighted by Crippen LogP contribution is 2.47. The maximum atomic E-state index is 12.1. The van der Waals surface area contributed by atoms with E-state index in [0.717, 1.165) is 43.6 Å². The summed E-state index contributed by atoms with van der Waals surface area (Å²) in [6.45, 7) is 40.3. The number of amides is 3. The zero-order chi connectivity index (χ0) is 65.1. The van der Waals surface area contributed by atoms with Crippen LogP contribution in [-0.2, 0) is 19.1 Å². The minimum atomic E-state index is -0.531. The van der Waals surface area contributed by atoms with Gasteiger partial charge in [-0.3, -0.25) is 29.1 Å². The third-order valence-corrected chi connectivity index (χ3v) is 13.8. The second-order valence-corrected chi connectivity index (χ2v) is 28.3. The van der Waals surface area contributed by atoms with E-state index in [2.05, 4.69) is 155 Å². The molecule has 86 heavy (non-hydrogen) atoms. The Labute approximate surface area is 516 Å². The first-order valence-corrected chi connectivity index (χ1v) is 29.4. The number of thiazole rings is 1. The molecule has 3 aromatic carbocycles. The molecule has 4 aliphatic heterocycles. The number of carbonyl (C=O) groups excluding carboxylic acids is 3. The van der Waals surface area contributed by atoms with Crippen LogP contribution in [0.2, 0.25) is 0 Å². The highest BCUT2D eigenvalue weighted by Gasteiger charge is 2.44. The zero-order valence-electron chi connectivity index (χ0n) is 55.0. The standard InChI is InChI=1S/C17H20N2O.C15H18N2O.C15H16N2S.C14H18N2O.C10H16N2O/c1-17(2,3)12-14-16(20)19(4)15(18-14)11-10-13-8-6-5-7-9-13;1-15(2,3)10-12-14(18)17(4)13(16-12)11-8-6-5-7-9-11;1-10-5-6-12-13(7-10)18-14(17-12)11(9-16)8-15(2,3)4;1-9(7-15)11-10(8-16)12(13(2,3)4)14(5,6)17-11;1-7-11-8(6-10(2,3)4)9(13)12(7)5/h5-12H,1-4H3;5-10H,1-4H3;5-8H,1-4H3;1-6H3;6H,1-5H3/b11-10+,14-12-;12-10-;11-8+;11-9-;8-6-. The summed E-state index contributed by atoms with van der Waals surface area (Å²) < 4.78 is 6.94. The first-order chi connectivity index (χ1) is 39.6. The number of rotatable bonds is 4. The van der Waals surface area contributed by atoms with E-state index >= 15 is 0 Å². The number of likely N-dealkylation sites (N-methyl/N-ethyl adjacent to an activating group) is 3. The molecule has 0 atom stereocenters. The van der Waals surface area contributed by atoms with E-state index in [-0.39, 0.29) is 44.8 Å². The van der Waals surface area contributed by atoms with Crippen LogP contribution in [0, 0.1) is 68.0 Å². The second-order valence-electron chi connectivity index (χ2n) is 27.3. The van der Waals surface area contributed by atoms with Gasteiger partial charge in [-0.15, -0.1) is 11.3 Å². The minimum Gasteiger partial charge on any atom is -0.481 e. The Bertz CT molecular complexity index is 3650. The van der Waals surface area contributed by atoms with E-state index in [1.165, 1.54) is 5.56 Å². The van der Waals surface area contributed by atoms with Crippen LogP contribution in [0.1, 0.15) is 153 Å². The van der Waals surface area contributed by atoms with Gasteiger partial charge >= 0.3 is 0 Å². The van der Waals surface area contributed by atoms with Crippen molar-refractivity contribution < 1.29 is 19.1 Å². The van der Waals surface area contributed by atoms with Crippen molar-refractivity contribution in [1.82, 2.24) is 19.7 Å². The Morgan fingerprint density at radius 1 is 0.616 bits per heavy atom. The van der Waals surface area contributed by atoms with Gasteiger partial charge in [-0.1, -0.05) is 183 Å². The molecule has 0 unspecified atom stereocenters. The molecule has 0 saturated heterocycles. The molecule has 0 aliphatic carbocycles. The van der Waals surface area contributed by atoms with Crippen molar-refractivity contribution in [3.05, 3.63) is 171 Å². The highest BCUT2D eigenvalue weighted by atomic mass is 32.1. The topological polar surface area (TPSA) is 191 Å². The van der Waals surface area contributed by atoms with Crippen molar-refractivity contribution in [2.24, 2.45) is 42.1 Å². The normalized spacial score (nSPS) is 18.3. The monoisotopic (exact) mass is 1180 g/mol. The fourth-order valence-electron chi connectivity index (χ4n) is 9.08. The Hall–Kier alpha value is -8.58. The van der Waals surface area contributed by atoms with Gasteiger partial charge in [0, 0.05) is 26.7 Å². The SMILES string of the molecule is C/C(C#N)=C1/OC(C)(C)C(C(C)(C)C)=C1C#N.CC1=N/C(=C\C(C)(C)C)C(=O)N1C.CN1C(=O)/C(=C/C(C)(C)C)N=C1/C=C/c1ccccc1.CN1C(=O)/C(=C/C(C)(C)C)N=C1c1ccccc1.Cc1ccc2nc(/C(C#N)=C/C(C)(C)C)sc2c1. The molecule has 0 saturated carbocycles. The van der Waals surface area contributed by atoms with Crippen LogP contribution in [0.3, 0.4) is 0 Å². The van der Waals surface area contributed by atoms with Crippen LogP contribution in [-0.4, -0.2) is 81.7 Å². The van der Waals surface area contributed by atoms with E-state index in [1.807, 2.05) is 130 Å². The summed E-state index contributed by atoms with van der Waals surface area (Å²) in [6.07, 6.45) is 11.6. The Morgan fingerprint density at radius 3 is 1.58 bits per heavy atom. The lowest BCUT2D eigenvalue weighted by atomic mass is 9.76. The summed E-state index contributed by atoms with van der Waals surface area (Å²) >= 11 is 1.58. The molecule has 452 valence electrons. The van der Waals surface area contributed by atoms with Gasteiger partial charge in [0.2, 0.25) is 0 Å². The number of allylic oxidation sites excluding steroid dienone is 7. The van der Waals surface area contributed by atoms with Crippen molar-refractivity contribution in [2.75, 3.05) is 21.1 Å². The fraction of sp³-hybridized carbons (Fsp3) is 0.408. The van der Waals surface area contributed by atoms with Crippen LogP contribution >= 0.6 is 11.3 Å². The van der Waals surface area contributed by atoms with E-state index < -0.39 is 5.60 Å². The van der Waals surface area contributed by atoms with E-state index in [0.29, 0.717) is 45.4 Å². The lowest BCUT2D eigenvalue weighted by Gasteiger charge is -2.31. The molecule has 0 bridgehead atoms. The number of ether oxygens (including phenoxy) is 1. The first kappa shape index (κ1) is 69.9. The summed E-state index contributed by atoms with van der Waals surface area (Å²) in [5.74, 6) is 2.50. The molecule has 0 radical (unpaired) electrons. The van der Waals surface area contributed by atoms with Gasteiger partial charge in [-0.05, 0) is 115 Å². The van der Waals surface area contributed by atoms with Crippen molar-refractivity contribution in [1.29, 1.82) is 15.8 Å². The largest absolute Gasteiger partial charge is 0.481 e. The number of benzene rings is 3. The van der Waals surface area contributed by atoms with Gasteiger partial charge in [0.1, 0.15) is 57.3 Å². The third-order valence-electron chi connectivity index (χ3n) is 12.7. The predicted octanol–water partition coefficient (Wildman–Crippen LogP) is 16.2. The maximum absolute atomic E-state index is 12.1. The van der Waals surface area contributed by atoms with E-state index in [4.69, 9.17) is 10.00 Å². The summed E-state index contributed by atoms with van der Waals surface area (Å²) in [4.78, 5) is 58.1. The van der Waals surface area contributed by atoms with E-state index in [1.54, 1.807) is 54.1 Å². The summed E-state index contributed by atoms with van der Waals surface area (Å²) in [5, 5.41) is 28.3. The molecule has 0 spiro atoms. The van der Waals surface area contributed by atoms with Crippen LogP contribution < -0.4 is 0 Å². The van der Waals surface area contributed by atoms with Crippen LogP contribution in [0.15, 0.2) is 164 Å². The highest BCUT2D eigenvalue weighted by molar-refractivity contribution is 7.19. The molecule has 5 heterocycles. The van der Waals surface area contributed by atoms with Gasteiger partial charge in [0.05, 0.1) is 33.0 Å². The van der Waals surface area contributed by atoms with Crippen LogP contribution in [0.25, 0.3) is 21.9 Å². The lowest BCUT2D eigenvalue weighted by Crippen LogP contribution is -2.29. The molecular formula is C71H88N10O4S. The summed E-state index contributed by atoms with van der Waals surface area (Å²) in [7, 11) is 5.25. The van der Waals surface area contributed by atoms with Gasteiger partial charge < -0.3 is 4.74 Å². The van der Waals surface area contributed by atoms with Gasteiger partial charge in [-0.2, -0.15) is 15.8 Å². The molecule has 4 aliphatic rings. The second kappa shape index (κ2) is 28.1. The number of nitriles is 3. The molecule has 15 heteroatoms. The number of fused-ring (bicyclic) bond motifs is 1. The van der Waals surface area contributed by atoms with Gasteiger partial charge in [-0.25, -0.2) is 20.0 Å². The van der Waals surface area contributed by atoms with Gasteiger partial charge in [0.15, 0.2) is 5.76 Å². The predicted molar refractivity (Wildman–Crippen MR) is 353 cm³/mol. The molecule has 1 aromatic heterocycles. The van der Waals surface area contributed by atoms with Crippen molar-refractivity contribution in [3.8, 4) is 18.2 Å². The number of aliphatic imine (C=N–C) groups is 3. The van der Waals surface area contributed by atoms with E-state index in [9.17, 15) is 24.9 Å². The smallest absolute Gasteiger partial charge is 0.277 e.